The van der Waals surface area contributed by atoms with Crippen LogP contribution in [-0.2, 0) is 16.0 Å². The number of nitrogens with one attached hydrogen (secondary N) is 1. The van der Waals surface area contributed by atoms with Gasteiger partial charge in [0.15, 0.2) is 11.6 Å². The molecule has 0 aromatic heterocycles. The molecule has 4 rings (SSSR count). The molecule has 0 radical (unpaired) electrons. The number of hydrogen-bond acceptors (Lipinski definition) is 3. The largest absolute Gasteiger partial charge is 0.341 e. The molecule has 0 bridgehead atoms. The van der Waals surface area contributed by atoms with Crippen LogP contribution in [0.1, 0.15) is 36.4 Å². The zero-order chi connectivity index (χ0) is 21.1. The number of benzene rings is 2. The minimum Gasteiger partial charge on any atom is -0.341 e. The lowest BCUT2D eigenvalue weighted by atomic mass is 9.91. The number of halogens is 2. The van der Waals surface area contributed by atoms with Crippen LogP contribution in [0.15, 0.2) is 42.5 Å². The van der Waals surface area contributed by atoms with E-state index in [4.69, 9.17) is 0 Å². The quantitative estimate of drug-likeness (QED) is 0.835. The van der Waals surface area contributed by atoms with Crippen molar-refractivity contribution < 1.29 is 18.4 Å². The average molecular weight is 413 g/mol. The standard InChI is InChI=1S/C23H25F2N3O2/c24-19-9-8-17(14-20(19)25)26-21(29)15-28-13-10-16-6-2-3-7-18(16)22(28)23(30)27-11-4-1-5-12-27/h2-3,6-9,14,22H,1,4-5,10-13,15H2,(H,26,29)/t22-/m0/s1. The molecule has 2 heterocycles. The molecule has 2 aromatic rings. The first-order valence-corrected chi connectivity index (χ1v) is 10.4. The van der Waals surface area contributed by atoms with Crippen molar-refractivity contribution in [3.63, 3.8) is 0 Å². The van der Waals surface area contributed by atoms with Crippen molar-refractivity contribution in [2.45, 2.75) is 31.7 Å². The number of anilines is 1. The summed E-state index contributed by atoms with van der Waals surface area (Å²) in [6.45, 7) is 2.06. The fourth-order valence-corrected chi connectivity index (χ4v) is 4.32. The third-order valence-corrected chi connectivity index (χ3v) is 5.83. The minimum atomic E-state index is -1.02. The Morgan fingerprint density at radius 3 is 2.50 bits per heavy atom. The second kappa shape index (κ2) is 8.92. The summed E-state index contributed by atoms with van der Waals surface area (Å²) in [7, 11) is 0. The maximum atomic E-state index is 13.4. The van der Waals surface area contributed by atoms with Gasteiger partial charge in [0.25, 0.3) is 0 Å². The maximum absolute atomic E-state index is 13.4. The number of fused-ring (bicyclic) bond motifs is 1. The first-order valence-electron chi connectivity index (χ1n) is 10.4. The summed E-state index contributed by atoms with van der Waals surface area (Å²) in [5, 5.41) is 2.61. The average Bonchev–Trinajstić information content (AvgIpc) is 2.76. The van der Waals surface area contributed by atoms with Crippen LogP contribution in [0.4, 0.5) is 14.5 Å². The molecule has 158 valence electrons. The highest BCUT2D eigenvalue weighted by Crippen LogP contribution is 2.32. The van der Waals surface area contributed by atoms with E-state index in [1.54, 1.807) is 0 Å². The van der Waals surface area contributed by atoms with Gasteiger partial charge >= 0.3 is 0 Å². The zero-order valence-corrected chi connectivity index (χ0v) is 16.7. The van der Waals surface area contributed by atoms with Crippen molar-refractivity contribution >= 4 is 17.5 Å². The second-order valence-electron chi connectivity index (χ2n) is 7.88. The van der Waals surface area contributed by atoms with E-state index < -0.39 is 17.7 Å². The number of piperidine rings is 1. The SMILES string of the molecule is O=C(CN1CCc2ccccc2[C@H]1C(=O)N1CCCCC1)Nc1ccc(F)c(F)c1. The Labute approximate surface area is 174 Å². The van der Waals surface area contributed by atoms with Crippen LogP contribution in [0.2, 0.25) is 0 Å². The summed E-state index contributed by atoms with van der Waals surface area (Å²) in [6, 6.07) is 10.6. The lowest BCUT2D eigenvalue weighted by molar-refractivity contribution is -0.139. The van der Waals surface area contributed by atoms with E-state index in [2.05, 4.69) is 5.32 Å². The Kier molecular flexibility index (Phi) is 6.08. The highest BCUT2D eigenvalue weighted by molar-refractivity contribution is 5.93. The van der Waals surface area contributed by atoms with Gasteiger partial charge in [-0.2, -0.15) is 0 Å². The minimum absolute atomic E-state index is 0.00240. The van der Waals surface area contributed by atoms with E-state index in [-0.39, 0.29) is 24.0 Å². The van der Waals surface area contributed by atoms with Crippen molar-refractivity contribution in [1.29, 1.82) is 0 Å². The van der Waals surface area contributed by atoms with Gasteiger partial charge in [0, 0.05) is 31.4 Å². The van der Waals surface area contributed by atoms with Crippen molar-refractivity contribution in [3.05, 3.63) is 65.2 Å². The fourth-order valence-electron chi connectivity index (χ4n) is 4.32. The second-order valence-corrected chi connectivity index (χ2v) is 7.88. The zero-order valence-electron chi connectivity index (χ0n) is 16.7. The van der Waals surface area contributed by atoms with Crippen LogP contribution in [0.3, 0.4) is 0 Å². The summed E-state index contributed by atoms with van der Waals surface area (Å²) >= 11 is 0. The third kappa shape index (κ3) is 4.36. The van der Waals surface area contributed by atoms with Crippen LogP contribution >= 0.6 is 0 Å². The van der Waals surface area contributed by atoms with E-state index in [0.717, 1.165) is 62.0 Å². The topological polar surface area (TPSA) is 52.7 Å². The van der Waals surface area contributed by atoms with Gasteiger partial charge in [0.05, 0.1) is 6.54 Å². The van der Waals surface area contributed by atoms with E-state index in [9.17, 15) is 18.4 Å². The van der Waals surface area contributed by atoms with Gasteiger partial charge in [-0.3, -0.25) is 14.5 Å². The van der Waals surface area contributed by atoms with Gasteiger partial charge in [0.2, 0.25) is 11.8 Å². The summed E-state index contributed by atoms with van der Waals surface area (Å²) in [5.74, 6) is -2.31. The molecule has 1 atom stereocenters. The molecule has 2 aromatic carbocycles. The molecular weight excluding hydrogens is 388 g/mol. The molecule has 2 aliphatic rings. The van der Waals surface area contributed by atoms with Gasteiger partial charge < -0.3 is 10.2 Å². The third-order valence-electron chi connectivity index (χ3n) is 5.83. The molecule has 5 nitrogen and oxygen atoms in total. The van der Waals surface area contributed by atoms with E-state index >= 15 is 0 Å². The lowest BCUT2D eigenvalue weighted by Gasteiger charge is -2.39. The Balaban J connectivity index is 1.53. The molecule has 1 N–H and O–H groups in total. The Morgan fingerprint density at radius 2 is 1.73 bits per heavy atom. The van der Waals surface area contributed by atoms with Crippen LogP contribution in [0.5, 0.6) is 0 Å². The number of likely N-dealkylation sites (tertiary alicyclic amines) is 1. The molecule has 2 aliphatic heterocycles. The normalized spacial score (nSPS) is 19.3. The van der Waals surface area contributed by atoms with Crippen molar-refractivity contribution in [1.82, 2.24) is 9.80 Å². The van der Waals surface area contributed by atoms with E-state index in [1.807, 2.05) is 34.1 Å². The van der Waals surface area contributed by atoms with Gasteiger partial charge in [-0.25, -0.2) is 8.78 Å². The number of nitrogens with zero attached hydrogens (tertiary/aromatic N) is 2. The van der Waals surface area contributed by atoms with Crippen LogP contribution < -0.4 is 5.32 Å². The molecule has 0 spiro atoms. The predicted molar refractivity (Wildman–Crippen MR) is 110 cm³/mol. The van der Waals surface area contributed by atoms with Crippen molar-refractivity contribution in [3.8, 4) is 0 Å². The summed E-state index contributed by atoms with van der Waals surface area (Å²) in [6.07, 6.45) is 3.87. The smallest absolute Gasteiger partial charge is 0.244 e. The van der Waals surface area contributed by atoms with E-state index in [1.165, 1.54) is 6.07 Å². The number of hydrogen-bond donors (Lipinski definition) is 1. The predicted octanol–water partition coefficient (Wildman–Crippen LogP) is 3.52. The summed E-state index contributed by atoms with van der Waals surface area (Å²) < 4.78 is 26.6. The lowest BCUT2D eigenvalue weighted by Crippen LogP contribution is -2.49. The molecule has 0 saturated carbocycles. The molecule has 1 fully saturated rings. The van der Waals surface area contributed by atoms with E-state index in [0.29, 0.717) is 6.54 Å². The maximum Gasteiger partial charge on any atom is 0.244 e. The van der Waals surface area contributed by atoms with Crippen molar-refractivity contribution in [2.24, 2.45) is 0 Å². The molecular formula is C23H25F2N3O2. The van der Waals surface area contributed by atoms with Gasteiger partial charge in [0.1, 0.15) is 6.04 Å². The number of carbonyl (C=O) groups excluding carboxylic acids is 2. The molecule has 7 heteroatoms. The first kappa shape index (κ1) is 20.5. The Bertz CT molecular complexity index is 944. The van der Waals surface area contributed by atoms with Gasteiger partial charge in [-0.05, 0) is 48.9 Å². The van der Waals surface area contributed by atoms with Crippen LogP contribution in [0.25, 0.3) is 0 Å². The molecule has 30 heavy (non-hydrogen) atoms. The van der Waals surface area contributed by atoms with Gasteiger partial charge in [-0.1, -0.05) is 24.3 Å². The molecule has 1 saturated heterocycles. The first-order chi connectivity index (χ1) is 14.5. The Morgan fingerprint density at radius 1 is 0.967 bits per heavy atom. The molecule has 0 aliphatic carbocycles. The summed E-state index contributed by atoms with van der Waals surface area (Å²) in [5.41, 5.74) is 2.26. The van der Waals surface area contributed by atoms with Crippen molar-refractivity contribution in [2.75, 3.05) is 31.5 Å². The summed E-state index contributed by atoms with van der Waals surface area (Å²) in [4.78, 5) is 29.8. The van der Waals surface area contributed by atoms with Crippen LogP contribution in [0, 0.1) is 11.6 Å². The molecule has 0 unspecified atom stereocenters. The monoisotopic (exact) mass is 413 g/mol. The van der Waals surface area contributed by atoms with Crippen LogP contribution in [-0.4, -0.2) is 47.8 Å². The number of carbonyl (C=O) groups is 2. The Hall–Kier alpha value is -2.80. The highest BCUT2D eigenvalue weighted by atomic mass is 19.2. The molecule has 2 amide bonds. The number of rotatable bonds is 4. The highest BCUT2D eigenvalue weighted by Gasteiger charge is 2.36. The number of amides is 2. The van der Waals surface area contributed by atoms with Gasteiger partial charge in [-0.15, -0.1) is 0 Å². The fraction of sp³-hybridized carbons (Fsp3) is 0.391.